The molecule has 0 radical (unpaired) electrons. The van der Waals surface area contributed by atoms with Crippen LogP contribution < -0.4 is 0 Å². The Morgan fingerprint density at radius 3 is 2.74 bits per heavy atom. The molecule has 2 aliphatic rings. The van der Waals surface area contributed by atoms with Crippen LogP contribution in [-0.4, -0.2) is 47.0 Å². The number of rotatable bonds is 1. The summed E-state index contributed by atoms with van der Waals surface area (Å²) >= 11 is 0. The first-order valence-corrected chi connectivity index (χ1v) is 6.35. The zero-order chi connectivity index (χ0) is 13.6. The summed E-state index contributed by atoms with van der Waals surface area (Å²) in [6.07, 6.45) is -2.38. The number of fused-ring (bicyclic) bond motifs is 1. The van der Waals surface area contributed by atoms with Gasteiger partial charge in [-0.2, -0.15) is 0 Å². The molecule has 0 amide bonds. The van der Waals surface area contributed by atoms with Crippen molar-refractivity contribution in [3.05, 3.63) is 24.2 Å². The van der Waals surface area contributed by atoms with E-state index in [0.717, 1.165) is 0 Å². The van der Waals surface area contributed by atoms with Crippen molar-refractivity contribution in [3.8, 4) is 0 Å². The summed E-state index contributed by atoms with van der Waals surface area (Å²) in [4.78, 5) is 0. The van der Waals surface area contributed by atoms with Gasteiger partial charge in [-0.05, 0) is 26.0 Å². The molecule has 0 aromatic carbocycles. The van der Waals surface area contributed by atoms with E-state index in [0.29, 0.717) is 12.4 Å². The molecule has 6 nitrogen and oxygen atoms in total. The number of ether oxygens (including phenoxy) is 3. The highest BCUT2D eigenvalue weighted by Gasteiger charge is 2.51. The van der Waals surface area contributed by atoms with Gasteiger partial charge in [-0.25, -0.2) is 0 Å². The summed E-state index contributed by atoms with van der Waals surface area (Å²) in [6.45, 7) is 3.83. The van der Waals surface area contributed by atoms with Gasteiger partial charge in [-0.1, -0.05) is 0 Å². The molecule has 0 bridgehead atoms. The average Bonchev–Trinajstić information content (AvgIpc) is 2.87. The number of hydrogen-bond donors (Lipinski definition) is 2. The van der Waals surface area contributed by atoms with E-state index in [-0.39, 0.29) is 0 Å². The van der Waals surface area contributed by atoms with E-state index in [4.69, 9.17) is 18.6 Å². The first-order chi connectivity index (χ1) is 8.98. The molecule has 5 unspecified atom stereocenters. The van der Waals surface area contributed by atoms with Gasteiger partial charge < -0.3 is 28.8 Å². The van der Waals surface area contributed by atoms with Crippen LogP contribution in [0.4, 0.5) is 0 Å². The summed E-state index contributed by atoms with van der Waals surface area (Å²) in [5, 5.41) is 20.4. The monoisotopic (exact) mass is 270 g/mol. The predicted octanol–water partition coefficient (Wildman–Crippen LogP) is 0.593. The van der Waals surface area contributed by atoms with Gasteiger partial charge >= 0.3 is 0 Å². The van der Waals surface area contributed by atoms with Gasteiger partial charge in [0.05, 0.1) is 12.9 Å². The fraction of sp³-hybridized carbons (Fsp3) is 0.692. The molecule has 3 heterocycles. The minimum Gasteiger partial charge on any atom is -0.466 e. The Morgan fingerprint density at radius 1 is 1.26 bits per heavy atom. The Labute approximate surface area is 110 Å². The Kier molecular flexibility index (Phi) is 3.15. The first kappa shape index (κ1) is 13.1. The topological polar surface area (TPSA) is 81.3 Å². The standard InChI is InChI=1S/C13H18O6/c1-13(2)17-6-8-12(19-13)10(15)9(14)11(18-8)7-4-3-5-16-7/h3-5,8-12,14-15H,6H2,1-2H3. The van der Waals surface area contributed by atoms with Gasteiger partial charge in [0.25, 0.3) is 0 Å². The highest BCUT2D eigenvalue weighted by Crippen LogP contribution is 2.38. The lowest BCUT2D eigenvalue weighted by molar-refractivity contribution is -0.359. The second kappa shape index (κ2) is 4.57. The van der Waals surface area contributed by atoms with Crippen molar-refractivity contribution in [3.63, 3.8) is 0 Å². The van der Waals surface area contributed by atoms with Crippen LogP contribution in [0.15, 0.2) is 22.8 Å². The molecular weight excluding hydrogens is 252 g/mol. The molecule has 2 N–H and O–H groups in total. The second-order valence-electron chi connectivity index (χ2n) is 5.39. The van der Waals surface area contributed by atoms with Crippen molar-refractivity contribution < 1.29 is 28.8 Å². The van der Waals surface area contributed by atoms with Gasteiger partial charge in [0.2, 0.25) is 0 Å². The Morgan fingerprint density at radius 2 is 2.05 bits per heavy atom. The lowest BCUT2D eigenvalue weighted by Crippen LogP contribution is -2.62. The van der Waals surface area contributed by atoms with E-state index >= 15 is 0 Å². The van der Waals surface area contributed by atoms with E-state index in [9.17, 15) is 10.2 Å². The quantitative estimate of drug-likeness (QED) is 0.777. The lowest BCUT2D eigenvalue weighted by atomic mass is 9.93. The Balaban J connectivity index is 1.82. The average molecular weight is 270 g/mol. The molecule has 0 spiro atoms. The molecule has 0 saturated carbocycles. The summed E-state index contributed by atoms with van der Waals surface area (Å²) < 4.78 is 22.1. The van der Waals surface area contributed by atoms with Crippen molar-refractivity contribution in [1.29, 1.82) is 0 Å². The van der Waals surface area contributed by atoms with E-state index in [1.54, 1.807) is 26.0 Å². The Bertz CT molecular complexity index is 426. The van der Waals surface area contributed by atoms with Crippen LogP contribution in [0.5, 0.6) is 0 Å². The summed E-state index contributed by atoms with van der Waals surface area (Å²) in [5.74, 6) is -0.308. The van der Waals surface area contributed by atoms with Gasteiger partial charge in [0.15, 0.2) is 5.79 Å². The maximum absolute atomic E-state index is 10.2. The number of furan rings is 1. The van der Waals surface area contributed by atoms with Gasteiger partial charge in [-0.15, -0.1) is 0 Å². The molecule has 19 heavy (non-hydrogen) atoms. The zero-order valence-electron chi connectivity index (χ0n) is 10.9. The number of aliphatic hydroxyl groups excluding tert-OH is 2. The number of aliphatic hydroxyl groups is 2. The summed E-state index contributed by atoms with van der Waals surface area (Å²) in [5.41, 5.74) is 0. The first-order valence-electron chi connectivity index (χ1n) is 6.35. The third-order valence-corrected chi connectivity index (χ3v) is 3.52. The van der Waals surface area contributed by atoms with Crippen LogP contribution in [0.1, 0.15) is 25.7 Å². The number of hydrogen-bond acceptors (Lipinski definition) is 6. The maximum atomic E-state index is 10.2. The fourth-order valence-corrected chi connectivity index (χ4v) is 2.55. The highest BCUT2D eigenvalue weighted by atomic mass is 16.7. The summed E-state index contributed by atoms with van der Waals surface area (Å²) in [6, 6.07) is 3.41. The van der Waals surface area contributed by atoms with Crippen molar-refractivity contribution in [2.45, 2.75) is 50.2 Å². The third-order valence-electron chi connectivity index (χ3n) is 3.52. The van der Waals surface area contributed by atoms with Crippen molar-refractivity contribution in [1.82, 2.24) is 0 Å². The van der Waals surface area contributed by atoms with Crippen molar-refractivity contribution in [2.24, 2.45) is 0 Å². The largest absolute Gasteiger partial charge is 0.466 e. The minimum atomic E-state index is -1.10. The van der Waals surface area contributed by atoms with E-state index < -0.39 is 36.3 Å². The summed E-state index contributed by atoms with van der Waals surface area (Å²) in [7, 11) is 0. The van der Waals surface area contributed by atoms with E-state index in [1.807, 2.05) is 0 Å². The van der Waals surface area contributed by atoms with Crippen molar-refractivity contribution >= 4 is 0 Å². The van der Waals surface area contributed by atoms with E-state index in [2.05, 4.69) is 0 Å². The molecule has 6 heteroatoms. The minimum absolute atomic E-state index is 0.304. The normalized spacial score (nSPS) is 41.8. The van der Waals surface area contributed by atoms with Crippen LogP contribution in [-0.2, 0) is 14.2 Å². The van der Waals surface area contributed by atoms with Crippen LogP contribution in [0, 0.1) is 0 Å². The molecule has 106 valence electrons. The SMILES string of the molecule is CC1(C)OCC2OC(c3ccco3)C(O)C(O)C2O1. The van der Waals surface area contributed by atoms with Crippen LogP contribution in [0.3, 0.4) is 0 Å². The molecule has 3 rings (SSSR count). The van der Waals surface area contributed by atoms with Crippen LogP contribution in [0.2, 0.25) is 0 Å². The Hall–Kier alpha value is -0.920. The third kappa shape index (κ3) is 2.30. The van der Waals surface area contributed by atoms with Gasteiger partial charge in [-0.3, -0.25) is 0 Å². The van der Waals surface area contributed by atoms with Crippen LogP contribution >= 0.6 is 0 Å². The highest BCUT2D eigenvalue weighted by molar-refractivity contribution is 5.09. The molecule has 2 saturated heterocycles. The predicted molar refractivity (Wildman–Crippen MR) is 63.2 cm³/mol. The molecule has 0 aliphatic carbocycles. The molecule has 1 aromatic rings. The second-order valence-corrected chi connectivity index (χ2v) is 5.39. The van der Waals surface area contributed by atoms with Gasteiger partial charge in [0, 0.05) is 0 Å². The zero-order valence-corrected chi connectivity index (χ0v) is 10.9. The maximum Gasteiger partial charge on any atom is 0.163 e. The molecule has 1 aromatic heterocycles. The molecule has 2 aliphatic heterocycles. The molecule has 2 fully saturated rings. The van der Waals surface area contributed by atoms with Crippen LogP contribution in [0.25, 0.3) is 0 Å². The molecule has 5 atom stereocenters. The lowest BCUT2D eigenvalue weighted by Gasteiger charge is -2.48. The van der Waals surface area contributed by atoms with E-state index in [1.165, 1.54) is 6.26 Å². The van der Waals surface area contributed by atoms with Crippen molar-refractivity contribution in [2.75, 3.05) is 6.61 Å². The molecular formula is C13H18O6. The van der Waals surface area contributed by atoms with Gasteiger partial charge in [0.1, 0.15) is 36.3 Å². The smallest absolute Gasteiger partial charge is 0.163 e. The fourth-order valence-electron chi connectivity index (χ4n) is 2.55.